The van der Waals surface area contributed by atoms with E-state index in [2.05, 4.69) is 16.9 Å². The highest BCUT2D eigenvalue weighted by molar-refractivity contribution is 5.88. The van der Waals surface area contributed by atoms with Crippen LogP contribution in [0, 0.1) is 5.92 Å². The molecule has 0 aliphatic carbocycles. The van der Waals surface area contributed by atoms with Gasteiger partial charge < -0.3 is 15.0 Å². The topological polar surface area (TPSA) is 71.5 Å². The summed E-state index contributed by atoms with van der Waals surface area (Å²) in [7, 11) is 0. The standard InChI is InChI=1S/C24H29N3O3/c1-4-11-26-23(29)24(17-27(13-14-30-24)22(28)18(2)3)15-19-8-5-6-10-21(19)20-9-7-12-25-16-20/h4-10,12,16,18H,1,11,13-15,17H2,2-3H3,(H,26,29)/t24-/m1/s1. The summed E-state index contributed by atoms with van der Waals surface area (Å²) in [6.07, 6.45) is 5.52. The molecular formula is C24H29N3O3. The largest absolute Gasteiger partial charge is 0.361 e. The van der Waals surface area contributed by atoms with E-state index in [9.17, 15) is 9.59 Å². The second kappa shape index (κ2) is 9.67. The lowest BCUT2D eigenvalue weighted by Gasteiger charge is -2.42. The first-order valence-corrected chi connectivity index (χ1v) is 10.3. The van der Waals surface area contributed by atoms with Crippen molar-refractivity contribution in [1.29, 1.82) is 0 Å². The third-order valence-corrected chi connectivity index (χ3v) is 5.28. The normalized spacial score (nSPS) is 18.8. The Morgan fingerprint density at radius 2 is 2.10 bits per heavy atom. The molecule has 158 valence electrons. The Hall–Kier alpha value is -2.99. The highest BCUT2D eigenvalue weighted by Gasteiger charge is 2.45. The van der Waals surface area contributed by atoms with Gasteiger partial charge in [0.15, 0.2) is 5.60 Å². The van der Waals surface area contributed by atoms with E-state index >= 15 is 0 Å². The molecule has 1 N–H and O–H groups in total. The van der Waals surface area contributed by atoms with E-state index in [4.69, 9.17) is 4.74 Å². The summed E-state index contributed by atoms with van der Waals surface area (Å²) in [6, 6.07) is 11.8. The monoisotopic (exact) mass is 407 g/mol. The maximum Gasteiger partial charge on any atom is 0.254 e. The maximum absolute atomic E-state index is 13.2. The number of benzene rings is 1. The summed E-state index contributed by atoms with van der Waals surface area (Å²) in [5, 5.41) is 2.88. The van der Waals surface area contributed by atoms with Crippen LogP contribution in [0.2, 0.25) is 0 Å². The van der Waals surface area contributed by atoms with Crippen LogP contribution in [0.5, 0.6) is 0 Å². The number of ether oxygens (including phenoxy) is 1. The molecule has 1 aliphatic heterocycles. The number of amides is 2. The molecule has 6 nitrogen and oxygen atoms in total. The molecule has 1 atom stereocenters. The van der Waals surface area contributed by atoms with E-state index < -0.39 is 5.60 Å². The van der Waals surface area contributed by atoms with Crippen LogP contribution in [-0.2, 0) is 20.7 Å². The van der Waals surface area contributed by atoms with Crippen molar-refractivity contribution in [3.8, 4) is 11.1 Å². The van der Waals surface area contributed by atoms with Gasteiger partial charge in [0, 0.05) is 43.4 Å². The van der Waals surface area contributed by atoms with E-state index in [1.165, 1.54) is 0 Å². The number of carbonyl (C=O) groups excluding carboxylic acids is 2. The summed E-state index contributed by atoms with van der Waals surface area (Å²) in [4.78, 5) is 31.9. The average Bonchev–Trinajstić information content (AvgIpc) is 2.78. The molecule has 0 unspecified atom stereocenters. The highest BCUT2D eigenvalue weighted by Crippen LogP contribution is 2.30. The Morgan fingerprint density at radius 3 is 2.80 bits per heavy atom. The smallest absolute Gasteiger partial charge is 0.254 e. The molecule has 0 spiro atoms. The van der Waals surface area contributed by atoms with E-state index in [-0.39, 0.29) is 24.3 Å². The average molecular weight is 408 g/mol. The minimum absolute atomic E-state index is 0.0275. The lowest BCUT2D eigenvalue weighted by Crippen LogP contribution is -2.62. The van der Waals surface area contributed by atoms with E-state index in [0.717, 1.165) is 16.7 Å². The van der Waals surface area contributed by atoms with Gasteiger partial charge >= 0.3 is 0 Å². The molecule has 1 saturated heterocycles. The summed E-state index contributed by atoms with van der Waals surface area (Å²) in [5.41, 5.74) is 1.78. The van der Waals surface area contributed by atoms with Crippen molar-refractivity contribution < 1.29 is 14.3 Å². The number of morpholine rings is 1. The Kier molecular flexibility index (Phi) is 7.00. The predicted octanol–water partition coefficient (Wildman–Crippen LogP) is 2.85. The fraction of sp³-hybridized carbons (Fsp3) is 0.375. The number of nitrogens with one attached hydrogen (secondary N) is 1. The van der Waals surface area contributed by atoms with E-state index in [1.807, 2.05) is 50.2 Å². The Balaban J connectivity index is 1.97. The number of hydrogen-bond acceptors (Lipinski definition) is 4. The molecule has 2 amide bonds. The first kappa shape index (κ1) is 21.7. The van der Waals surface area contributed by atoms with Crippen LogP contribution in [0.25, 0.3) is 11.1 Å². The van der Waals surface area contributed by atoms with Gasteiger partial charge in [-0.25, -0.2) is 0 Å². The van der Waals surface area contributed by atoms with Crippen LogP contribution in [0.1, 0.15) is 19.4 Å². The molecule has 0 bridgehead atoms. The molecule has 3 rings (SSSR count). The number of carbonyl (C=O) groups is 2. The fourth-order valence-electron chi connectivity index (χ4n) is 3.77. The quantitative estimate of drug-likeness (QED) is 0.717. The van der Waals surface area contributed by atoms with E-state index in [1.54, 1.807) is 23.4 Å². The zero-order chi connectivity index (χ0) is 21.6. The molecule has 1 aliphatic rings. The van der Waals surface area contributed by atoms with Crippen molar-refractivity contribution in [3.05, 3.63) is 67.0 Å². The van der Waals surface area contributed by atoms with Gasteiger partial charge in [-0.2, -0.15) is 0 Å². The predicted molar refractivity (Wildman–Crippen MR) is 117 cm³/mol. The minimum Gasteiger partial charge on any atom is -0.361 e. The number of rotatable bonds is 7. The molecule has 30 heavy (non-hydrogen) atoms. The number of pyridine rings is 1. The Bertz CT molecular complexity index is 898. The molecule has 0 radical (unpaired) electrons. The summed E-state index contributed by atoms with van der Waals surface area (Å²) in [5.74, 6) is -0.343. The number of hydrogen-bond donors (Lipinski definition) is 1. The third-order valence-electron chi connectivity index (χ3n) is 5.28. The molecular weight excluding hydrogens is 378 g/mol. The first-order chi connectivity index (χ1) is 14.5. The molecule has 1 aromatic carbocycles. The second-order valence-corrected chi connectivity index (χ2v) is 7.83. The fourth-order valence-corrected chi connectivity index (χ4v) is 3.77. The molecule has 2 heterocycles. The van der Waals surface area contributed by atoms with Gasteiger partial charge in [0.25, 0.3) is 5.91 Å². The molecule has 1 fully saturated rings. The molecule has 2 aromatic rings. The zero-order valence-electron chi connectivity index (χ0n) is 17.6. The SMILES string of the molecule is C=CCNC(=O)[C@@]1(Cc2ccccc2-c2cccnc2)CN(C(=O)C(C)C)CCO1. The van der Waals surface area contributed by atoms with Crippen LogP contribution in [0.15, 0.2) is 61.4 Å². The zero-order valence-corrected chi connectivity index (χ0v) is 17.6. The second-order valence-electron chi connectivity index (χ2n) is 7.83. The highest BCUT2D eigenvalue weighted by atomic mass is 16.5. The van der Waals surface area contributed by atoms with Crippen LogP contribution in [0.4, 0.5) is 0 Å². The number of nitrogens with zero attached hydrogens (tertiary/aromatic N) is 2. The Morgan fingerprint density at radius 1 is 1.30 bits per heavy atom. The van der Waals surface area contributed by atoms with Crippen LogP contribution in [0.3, 0.4) is 0 Å². The maximum atomic E-state index is 13.2. The van der Waals surface area contributed by atoms with Gasteiger partial charge in [0.2, 0.25) is 5.91 Å². The summed E-state index contributed by atoms with van der Waals surface area (Å²) >= 11 is 0. The van der Waals surface area contributed by atoms with Gasteiger partial charge in [0.1, 0.15) is 0 Å². The summed E-state index contributed by atoms with van der Waals surface area (Å²) in [6.45, 7) is 8.77. The molecule has 1 aromatic heterocycles. The van der Waals surface area contributed by atoms with Gasteiger partial charge in [-0.1, -0.05) is 50.3 Å². The third kappa shape index (κ3) is 4.76. The van der Waals surface area contributed by atoms with Gasteiger partial charge in [-0.15, -0.1) is 6.58 Å². The minimum atomic E-state index is -1.16. The molecule has 0 saturated carbocycles. The Labute approximate surface area is 178 Å². The lowest BCUT2D eigenvalue weighted by atomic mass is 9.87. The van der Waals surface area contributed by atoms with Crippen molar-refractivity contribution in [2.45, 2.75) is 25.9 Å². The summed E-state index contributed by atoms with van der Waals surface area (Å²) < 4.78 is 6.12. The number of aromatic nitrogens is 1. The van der Waals surface area contributed by atoms with Gasteiger partial charge in [-0.3, -0.25) is 14.6 Å². The van der Waals surface area contributed by atoms with Crippen molar-refractivity contribution in [2.75, 3.05) is 26.2 Å². The van der Waals surface area contributed by atoms with E-state index in [0.29, 0.717) is 26.1 Å². The van der Waals surface area contributed by atoms with Crippen LogP contribution < -0.4 is 5.32 Å². The van der Waals surface area contributed by atoms with Gasteiger partial charge in [0.05, 0.1) is 13.2 Å². The molecule has 6 heteroatoms. The first-order valence-electron chi connectivity index (χ1n) is 10.3. The van der Waals surface area contributed by atoms with Crippen molar-refractivity contribution in [1.82, 2.24) is 15.2 Å². The van der Waals surface area contributed by atoms with Crippen molar-refractivity contribution in [2.24, 2.45) is 5.92 Å². The van der Waals surface area contributed by atoms with Crippen molar-refractivity contribution >= 4 is 11.8 Å². The van der Waals surface area contributed by atoms with Crippen LogP contribution in [-0.4, -0.2) is 53.5 Å². The lowest BCUT2D eigenvalue weighted by molar-refractivity contribution is -0.167. The van der Waals surface area contributed by atoms with Gasteiger partial charge in [-0.05, 0) is 17.2 Å². The van der Waals surface area contributed by atoms with Crippen molar-refractivity contribution in [3.63, 3.8) is 0 Å². The van der Waals surface area contributed by atoms with Crippen LogP contribution >= 0.6 is 0 Å².